The molecule has 12 rings (SSSR count). The first-order chi connectivity index (χ1) is 27.3. The van der Waals surface area contributed by atoms with Gasteiger partial charge in [0.25, 0.3) is 0 Å². The van der Waals surface area contributed by atoms with Crippen LogP contribution < -0.4 is 0 Å². The highest BCUT2D eigenvalue weighted by Crippen LogP contribution is 2.62. The molecule has 8 aromatic carbocycles. The van der Waals surface area contributed by atoms with Crippen LogP contribution in [0.2, 0.25) is 0 Å². The van der Waals surface area contributed by atoms with Gasteiger partial charge in [-0.3, -0.25) is 4.57 Å². The number of nitrogens with zero attached hydrogens (tertiary/aromatic N) is 2. The molecule has 0 N–H and O–H groups in total. The fourth-order valence-corrected chi connectivity index (χ4v) is 10.8. The summed E-state index contributed by atoms with van der Waals surface area (Å²) in [5.74, 6) is 0.904. The van der Waals surface area contributed by atoms with Gasteiger partial charge in [-0.15, -0.1) is 0 Å². The maximum absolute atomic E-state index is 5.55. The highest BCUT2D eigenvalue weighted by atomic mass is 32.2. The summed E-state index contributed by atoms with van der Waals surface area (Å²) >= 11 is 1.90. The Kier molecular flexibility index (Phi) is 6.52. The van der Waals surface area contributed by atoms with E-state index >= 15 is 0 Å². The van der Waals surface area contributed by atoms with Gasteiger partial charge in [0.05, 0.1) is 22.1 Å². The minimum atomic E-state index is -0.476. The molecule has 0 radical (unpaired) electrons. The zero-order valence-electron chi connectivity index (χ0n) is 29.8. The van der Waals surface area contributed by atoms with Gasteiger partial charge in [0, 0.05) is 31.5 Å². The van der Waals surface area contributed by atoms with Gasteiger partial charge in [-0.05, 0) is 80.2 Å². The Labute approximate surface area is 323 Å². The molecule has 2 aromatic heterocycles. The van der Waals surface area contributed by atoms with Gasteiger partial charge in [0.2, 0.25) is 0 Å². The normalized spacial score (nSPS) is 13.5. The van der Waals surface area contributed by atoms with Gasteiger partial charge < -0.3 is 0 Å². The van der Waals surface area contributed by atoms with Crippen LogP contribution in [-0.4, -0.2) is 9.55 Å². The first kappa shape index (κ1) is 30.7. The summed E-state index contributed by atoms with van der Waals surface area (Å²) in [5, 5.41) is 4.88. The second kappa shape index (κ2) is 11.7. The lowest BCUT2D eigenvalue weighted by molar-refractivity contribution is 0.723. The van der Waals surface area contributed by atoms with Crippen LogP contribution >= 0.6 is 11.8 Å². The second-order valence-corrected chi connectivity index (χ2v) is 15.7. The molecule has 0 atom stereocenters. The summed E-state index contributed by atoms with van der Waals surface area (Å²) in [7, 11) is 0. The molecule has 0 saturated heterocycles. The van der Waals surface area contributed by atoms with Gasteiger partial charge in [-0.2, -0.15) is 0 Å². The van der Waals surface area contributed by atoms with Gasteiger partial charge in [0.15, 0.2) is 0 Å². The maximum Gasteiger partial charge on any atom is 0.138 e. The lowest BCUT2D eigenvalue weighted by atomic mass is 9.67. The molecule has 3 heterocycles. The number of hydrogen-bond acceptors (Lipinski definition) is 2. The SMILES string of the molecule is c1ccc(-c2cc(-c3ccccc3)nc(-n3c4cc5c(cc4c4ccc6ccccc6c43)Sc3ccccc3C53c4ccccc4-c4ccccc43)c2)cc1. The monoisotopic (exact) mass is 716 g/mol. The van der Waals surface area contributed by atoms with Crippen LogP contribution in [0.4, 0.5) is 0 Å². The Hall–Kier alpha value is -6.68. The van der Waals surface area contributed by atoms with Crippen molar-refractivity contribution >= 4 is 44.3 Å². The third kappa shape index (κ3) is 4.30. The standard InChI is InChI=1S/C52H32N2S/c1-3-15-33(16-4-1)36-29-46(35-18-5-2-6-19-35)53-50(30-36)54-47-32-45-49(31-41(47)40-28-27-34-17-7-8-20-37(34)51(40)54)55-48-26-14-13-25-44(48)52(45)42-23-11-9-21-38(42)39-22-10-12-24-43(39)52/h1-32H. The lowest BCUT2D eigenvalue weighted by Crippen LogP contribution is -2.32. The highest BCUT2D eigenvalue weighted by Gasteiger charge is 2.50. The average molecular weight is 717 g/mol. The molecule has 0 unspecified atom stereocenters. The van der Waals surface area contributed by atoms with Crippen molar-refractivity contribution in [1.82, 2.24) is 9.55 Å². The van der Waals surface area contributed by atoms with E-state index in [-0.39, 0.29) is 0 Å². The van der Waals surface area contributed by atoms with E-state index in [0.717, 1.165) is 33.7 Å². The highest BCUT2D eigenvalue weighted by molar-refractivity contribution is 7.99. The predicted molar refractivity (Wildman–Crippen MR) is 228 cm³/mol. The molecule has 2 nitrogen and oxygen atoms in total. The Balaban J connectivity index is 1.25. The van der Waals surface area contributed by atoms with Crippen molar-refractivity contribution in [3.63, 3.8) is 0 Å². The zero-order chi connectivity index (χ0) is 36.1. The number of hydrogen-bond donors (Lipinski definition) is 0. The van der Waals surface area contributed by atoms with Crippen molar-refractivity contribution in [2.45, 2.75) is 15.2 Å². The fraction of sp³-hybridized carbons (Fsp3) is 0.0192. The lowest BCUT2D eigenvalue weighted by Gasteiger charge is -2.39. The third-order valence-corrected chi connectivity index (χ3v) is 13.0. The van der Waals surface area contributed by atoms with Crippen LogP contribution in [0.1, 0.15) is 22.3 Å². The van der Waals surface area contributed by atoms with Crippen molar-refractivity contribution in [3.8, 4) is 39.3 Å². The largest absolute Gasteiger partial charge is 0.293 e. The molecule has 10 aromatic rings. The fourth-order valence-electron chi connectivity index (χ4n) is 9.55. The van der Waals surface area contributed by atoms with Gasteiger partial charge in [-0.1, -0.05) is 176 Å². The molecule has 0 fully saturated rings. The minimum absolute atomic E-state index is 0.476. The molecule has 1 spiro atoms. The van der Waals surface area contributed by atoms with Crippen molar-refractivity contribution < 1.29 is 0 Å². The number of fused-ring (bicyclic) bond motifs is 14. The summed E-state index contributed by atoms with van der Waals surface area (Å²) in [4.78, 5) is 8.14. The Morgan fingerprint density at radius 1 is 0.418 bits per heavy atom. The average Bonchev–Trinajstić information content (AvgIpc) is 3.74. The summed E-state index contributed by atoms with van der Waals surface area (Å²) < 4.78 is 2.46. The molecule has 1 aliphatic carbocycles. The Bertz CT molecular complexity index is 3070. The van der Waals surface area contributed by atoms with Crippen LogP contribution in [0.25, 0.3) is 71.9 Å². The van der Waals surface area contributed by atoms with E-state index < -0.39 is 5.41 Å². The van der Waals surface area contributed by atoms with E-state index in [1.54, 1.807) is 0 Å². The zero-order valence-corrected chi connectivity index (χ0v) is 30.6. The van der Waals surface area contributed by atoms with E-state index in [9.17, 15) is 0 Å². The van der Waals surface area contributed by atoms with E-state index in [0.29, 0.717) is 0 Å². The minimum Gasteiger partial charge on any atom is -0.293 e. The number of aromatic nitrogens is 2. The second-order valence-electron chi connectivity index (χ2n) is 14.7. The molecule has 2 aliphatic rings. The molecule has 1 aliphatic heterocycles. The Morgan fingerprint density at radius 2 is 1.05 bits per heavy atom. The van der Waals surface area contributed by atoms with Crippen LogP contribution in [0, 0.1) is 0 Å². The number of rotatable bonds is 3. The molecule has 0 amide bonds. The first-order valence-corrected chi connectivity index (χ1v) is 19.7. The quantitative estimate of drug-likeness (QED) is 0.181. The van der Waals surface area contributed by atoms with E-state index in [1.165, 1.54) is 70.2 Å². The van der Waals surface area contributed by atoms with Crippen LogP contribution in [0.3, 0.4) is 0 Å². The van der Waals surface area contributed by atoms with Crippen LogP contribution in [0.5, 0.6) is 0 Å². The molecule has 256 valence electrons. The molecule has 0 bridgehead atoms. The molecule has 55 heavy (non-hydrogen) atoms. The van der Waals surface area contributed by atoms with E-state index in [1.807, 2.05) is 11.8 Å². The molecular weight excluding hydrogens is 685 g/mol. The maximum atomic E-state index is 5.55. The van der Waals surface area contributed by atoms with Crippen molar-refractivity contribution in [3.05, 3.63) is 216 Å². The molecule has 0 saturated carbocycles. The summed E-state index contributed by atoms with van der Waals surface area (Å²) in [6, 6.07) is 71.3. The first-order valence-electron chi connectivity index (χ1n) is 18.9. The summed E-state index contributed by atoms with van der Waals surface area (Å²) in [6.07, 6.45) is 0. The third-order valence-electron chi connectivity index (χ3n) is 11.8. The summed E-state index contributed by atoms with van der Waals surface area (Å²) in [6.45, 7) is 0. The van der Waals surface area contributed by atoms with Crippen molar-refractivity contribution in [2.24, 2.45) is 0 Å². The smallest absolute Gasteiger partial charge is 0.138 e. The molecule has 3 heteroatoms. The number of pyridine rings is 1. The predicted octanol–water partition coefficient (Wildman–Crippen LogP) is 13.5. The van der Waals surface area contributed by atoms with Gasteiger partial charge in [-0.25, -0.2) is 4.98 Å². The van der Waals surface area contributed by atoms with Crippen molar-refractivity contribution in [1.29, 1.82) is 0 Å². The van der Waals surface area contributed by atoms with E-state index in [4.69, 9.17) is 4.98 Å². The van der Waals surface area contributed by atoms with Gasteiger partial charge >= 0.3 is 0 Å². The van der Waals surface area contributed by atoms with E-state index in [2.05, 4.69) is 199 Å². The number of benzene rings is 8. The van der Waals surface area contributed by atoms with Crippen molar-refractivity contribution in [2.75, 3.05) is 0 Å². The van der Waals surface area contributed by atoms with Gasteiger partial charge in [0.1, 0.15) is 5.82 Å². The molecular formula is C52H32N2S. The van der Waals surface area contributed by atoms with Crippen LogP contribution in [0.15, 0.2) is 204 Å². The Morgan fingerprint density at radius 3 is 1.82 bits per heavy atom. The topological polar surface area (TPSA) is 17.8 Å². The summed E-state index contributed by atoms with van der Waals surface area (Å²) in [5.41, 5.74) is 14.2. The van der Waals surface area contributed by atoms with Crippen LogP contribution in [-0.2, 0) is 5.41 Å².